The monoisotopic (exact) mass is 319 g/mol. The lowest BCUT2D eigenvalue weighted by Crippen LogP contribution is -2.32. The van der Waals surface area contributed by atoms with E-state index in [-0.39, 0.29) is 11.5 Å². The van der Waals surface area contributed by atoms with Gasteiger partial charge in [0.1, 0.15) is 5.75 Å². The number of nitrogen functional groups attached to an aromatic ring is 1. The standard InChI is InChI=1S/C13H21NO4S2/c1-13(2,3)20(16,17)8-7-19(15)12-9-10(18-4)5-6-11(12)14/h5-6,9H,7-8,14H2,1-4H3. The molecule has 1 aromatic rings. The van der Waals surface area contributed by atoms with Crippen LogP contribution in [0, 0.1) is 0 Å². The van der Waals surface area contributed by atoms with E-state index in [0.717, 1.165) is 0 Å². The maximum atomic E-state index is 12.2. The highest BCUT2D eigenvalue weighted by molar-refractivity contribution is 7.94. The SMILES string of the molecule is COc1ccc(N)c(S(=O)CCS(=O)(=O)C(C)(C)C)c1. The molecule has 0 heterocycles. The molecular weight excluding hydrogens is 298 g/mol. The van der Waals surface area contributed by atoms with Crippen LogP contribution in [-0.2, 0) is 20.6 Å². The smallest absolute Gasteiger partial charge is 0.156 e. The molecule has 1 unspecified atom stereocenters. The Kier molecular flexibility index (Phi) is 5.21. The summed E-state index contributed by atoms with van der Waals surface area (Å²) in [6.07, 6.45) is 0. The molecule has 0 aliphatic carbocycles. The molecule has 0 aromatic heterocycles. The van der Waals surface area contributed by atoms with E-state index < -0.39 is 25.4 Å². The van der Waals surface area contributed by atoms with Gasteiger partial charge in [0.15, 0.2) is 9.84 Å². The van der Waals surface area contributed by atoms with Gasteiger partial charge in [-0.1, -0.05) is 0 Å². The van der Waals surface area contributed by atoms with Gasteiger partial charge < -0.3 is 10.5 Å². The maximum Gasteiger partial charge on any atom is 0.156 e. The van der Waals surface area contributed by atoms with Gasteiger partial charge in [0.25, 0.3) is 0 Å². The first-order valence-corrected chi connectivity index (χ1v) is 9.10. The van der Waals surface area contributed by atoms with Crippen LogP contribution in [0.15, 0.2) is 23.1 Å². The molecule has 1 aromatic carbocycles. The fraction of sp³-hybridized carbons (Fsp3) is 0.538. The second-order valence-electron chi connectivity index (χ2n) is 5.38. The minimum absolute atomic E-state index is 0.0248. The molecule has 0 fully saturated rings. The van der Waals surface area contributed by atoms with Crippen LogP contribution in [0.25, 0.3) is 0 Å². The molecule has 0 bridgehead atoms. The van der Waals surface area contributed by atoms with Crippen molar-refractivity contribution in [3.05, 3.63) is 18.2 Å². The van der Waals surface area contributed by atoms with Crippen LogP contribution in [0.5, 0.6) is 5.75 Å². The van der Waals surface area contributed by atoms with Crippen LogP contribution in [0.2, 0.25) is 0 Å². The zero-order valence-electron chi connectivity index (χ0n) is 12.2. The lowest BCUT2D eigenvalue weighted by molar-refractivity contribution is 0.413. The Morgan fingerprint density at radius 1 is 1.30 bits per heavy atom. The Hall–Kier alpha value is -1.08. The van der Waals surface area contributed by atoms with E-state index in [0.29, 0.717) is 16.3 Å². The summed E-state index contributed by atoms with van der Waals surface area (Å²) in [5.41, 5.74) is 6.14. The average molecular weight is 319 g/mol. The Morgan fingerprint density at radius 2 is 1.90 bits per heavy atom. The van der Waals surface area contributed by atoms with Gasteiger partial charge in [-0.05, 0) is 39.0 Å². The molecule has 20 heavy (non-hydrogen) atoms. The summed E-state index contributed by atoms with van der Waals surface area (Å²) in [6.45, 7) is 4.89. The van der Waals surface area contributed by atoms with E-state index in [1.54, 1.807) is 39.0 Å². The topological polar surface area (TPSA) is 86.5 Å². The van der Waals surface area contributed by atoms with E-state index in [9.17, 15) is 12.6 Å². The minimum Gasteiger partial charge on any atom is -0.497 e. The van der Waals surface area contributed by atoms with Gasteiger partial charge in [0.05, 0.1) is 33.3 Å². The number of hydrogen-bond donors (Lipinski definition) is 1. The van der Waals surface area contributed by atoms with Crippen LogP contribution >= 0.6 is 0 Å². The zero-order valence-corrected chi connectivity index (χ0v) is 13.8. The summed E-state index contributed by atoms with van der Waals surface area (Å²) in [5, 5.41) is 0. The average Bonchev–Trinajstić information content (AvgIpc) is 2.35. The van der Waals surface area contributed by atoms with Crippen molar-refractivity contribution in [2.45, 2.75) is 30.4 Å². The number of rotatable bonds is 5. The predicted octanol–water partition coefficient (Wildman–Crippen LogP) is 1.60. The Balaban J connectivity index is 2.88. The van der Waals surface area contributed by atoms with Gasteiger partial charge in [0.2, 0.25) is 0 Å². The number of benzene rings is 1. The van der Waals surface area contributed by atoms with E-state index >= 15 is 0 Å². The third kappa shape index (κ3) is 3.96. The van der Waals surface area contributed by atoms with Gasteiger partial charge in [-0.25, -0.2) is 8.42 Å². The van der Waals surface area contributed by atoms with Crippen LogP contribution < -0.4 is 10.5 Å². The minimum atomic E-state index is -3.29. The van der Waals surface area contributed by atoms with Crippen LogP contribution in [0.1, 0.15) is 20.8 Å². The lowest BCUT2D eigenvalue weighted by atomic mass is 10.3. The lowest BCUT2D eigenvalue weighted by Gasteiger charge is -2.19. The molecule has 5 nitrogen and oxygen atoms in total. The van der Waals surface area contributed by atoms with Crippen LogP contribution in [-0.4, -0.2) is 36.0 Å². The predicted molar refractivity (Wildman–Crippen MR) is 82.2 cm³/mol. The third-order valence-corrected chi connectivity index (χ3v) is 7.22. The molecule has 0 aliphatic heterocycles. The molecule has 0 radical (unpaired) electrons. The van der Waals surface area contributed by atoms with Crippen molar-refractivity contribution in [1.29, 1.82) is 0 Å². The van der Waals surface area contributed by atoms with Crippen molar-refractivity contribution in [1.82, 2.24) is 0 Å². The molecule has 114 valence electrons. The first kappa shape index (κ1) is 17.0. The molecule has 0 saturated heterocycles. The third-order valence-electron chi connectivity index (χ3n) is 2.94. The largest absolute Gasteiger partial charge is 0.497 e. The molecule has 0 amide bonds. The van der Waals surface area contributed by atoms with Crippen molar-refractivity contribution in [2.24, 2.45) is 0 Å². The first-order chi connectivity index (χ1) is 9.08. The summed E-state index contributed by atoms with van der Waals surface area (Å²) in [4.78, 5) is 0.411. The Morgan fingerprint density at radius 3 is 2.40 bits per heavy atom. The summed E-state index contributed by atoms with van der Waals surface area (Å²) in [6, 6.07) is 4.85. The fourth-order valence-electron chi connectivity index (χ4n) is 1.44. The molecule has 0 spiro atoms. The van der Waals surface area contributed by atoms with E-state index in [4.69, 9.17) is 10.5 Å². The maximum absolute atomic E-state index is 12.2. The van der Waals surface area contributed by atoms with Gasteiger partial charge in [0, 0.05) is 11.4 Å². The van der Waals surface area contributed by atoms with Crippen molar-refractivity contribution in [2.75, 3.05) is 24.3 Å². The van der Waals surface area contributed by atoms with E-state index in [2.05, 4.69) is 0 Å². The number of anilines is 1. The highest BCUT2D eigenvalue weighted by Gasteiger charge is 2.29. The van der Waals surface area contributed by atoms with Gasteiger partial charge in [-0.3, -0.25) is 4.21 Å². The molecule has 0 saturated carbocycles. The molecular formula is C13H21NO4S2. The van der Waals surface area contributed by atoms with Gasteiger partial charge >= 0.3 is 0 Å². The fourth-order valence-corrected chi connectivity index (χ4v) is 4.33. The number of ether oxygens (including phenoxy) is 1. The Bertz CT molecular complexity index is 603. The molecule has 1 rings (SSSR count). The quantitative estimate of drug-likeness (QED) is 0.833. The van der Waals surface area contributed by atoms with Crippen molar-refractivity contribution >= 4 is 26.3 Å². The highest BCUT2D eigenvalue weighted by Crippen LogP contribution is 2.24. The number of hydrogen-bond acceptors (Lipinski definition) is 5. The zero-order chi connectivity index (χ0) is 15.6. The highest BCUT2D eigenvalue weighted by atomic mass is 32.2. The van der Waals surface area contributed by atoms with Crippen molar-refractivity contribution in [3.63, 3.8) is 0 Å². The number of nitrogens with two attached hydrogens (primary N) is 1. The molecule has 0 aliphatic rings. The normalized spacial score (nSPS) is 14.0. The first-order valence-electron chi connectivity index (χ1n) is 6.12. The Labute approximate surface area is 122 Å². The van der Waals surface area contributed by atoms with Crippen molar-refractivity contribution in [3.8, 4) is 5.75 Å². The van der Waals surface area contributed by atoms with Crippen LogP contribution in [0.4, 0.5) is 5.69 Å². The van der Waals surface area contributed by atoms with Crippen molar-refractivity contribution < 1.29 is 17.4 Å². The van der Waals surface area contributed by atoms with Crippen LogP contribution in [0.3, 0.4) is 0 Å². The molecule has 1 atom stereocenters. The summed E-state index contributed by atoms with van der Waals surface area (Å²) in [7, 11) is -3.26. The van der Waals surface area contributed by atoms with Gasteiger partial charge in [-0.2, -0.15) is 0 Å². The molecule has 7 heteroatoms. The number of methoxy groups -OCH3 is 1. The summed E-state index contributed by atoms with van der Waals surface area (Å²) < 4.78 is 40.4. The molecule has 2 N–H and O–H groups in total. The summed E-state index contributed by atoms with van der Waals surface area (Å²) >= 11 is 0. The second-order valence-corrected chi connectivity index (χ2v) is 9.79. The second kappa shape index (κ2) is 6.13. The van der Waals surface area contributed by atoms with E-state index in [1.165, 1.54) is 7.11 Å². The van der Waals surface area contributed by atoms with Gasteiger partial charge in [-0.15, -0.1) is 0 Å². The number of sulfone groups is 1. The summed E-state index contributed by atoms with van der Waals surface area (Å²) in [5.74, 6) is 0.428. The van der Waals surface area contributed by atoms with E-state index in [1.807, 2.05) is 0 Å².